The minimum absolute atomic E-state index is 0.181. The van der Waals surface area contributed by atoms with Gasteiger partial charge in [-0.05, 0) is 23.6 Å². The van der Waals surface area contributed by atoms with E-state index in [0.29, 0.717) is 6.54 Å². The Bertz CT molecular complexity index is 439. The molecule has 0 radical (unpaired) electrons. The second-order valence-electron chi connectivity index (χ2n) is 3.25. The maximum absolute atomic E-state index is 11.5. The van der Waals surface area contributed by atoms with Crippen molar-refractivity contribution in [1.82, 2.24) is 5.32 Å². The molecule has 0 fully saturated rings. The van der Waals surface area contributed by atoms with Crippen molar-refractivity contribution in [3.05, 3.63) is 52.7 Å². The quantitative estimate of drug-likeness (QED) is 0.839. The van der Waals surface area contributed by atoms with Gasteiger partial charge in [0.25, 0.3) is 0 Å². The molecule has 3 nitrogen and oxygen atoms in total. The predicted molar refractivity (Wildman–Crippen MR) is 66.6 cm³/mol. The highest BCUT2D eigenvalue weighted by Crippen LogP contribution is 2.08. The predicted octanol–water partition coefficient (Wildman–Crippen LogP) is 3.07. The summed E-state index contributed by atoms with van der Waals surface area (Å²) in [7, 11) is 0. The van der Waals surface area contributed by atoms with Gasteiger partial charge in [-0.2, -0.15) is 0 Å². The van der Waals surface area contributed by atoms with E-state index in [1.165, 1.54) is 0 Å². The molecular formula is C12H12N2OS. The molecule has 2 N–H and O–H groups in total. The van der Waals surface area contributed by atoms with Gasteiger partial charge in [0.15, 0.2) is 0 Å². The van der Waals surface area contributed by atoms with Crippen LogP contribution >= 0.6 is 11.3 Å². The van der Waals surface area contributed by atoms with Gasteiger partial charge in [-0.15, -0.1) is 11.3 Å². The lowest BCUT2D eigenvalue weighted by Gasteiger charge is -2.06. The fourth-order valence-corrected chi connectivity index (χ4v) is 1.92. The summed E-state index contributed by atoms with van der Waals surface area (Å²) < 4.78 is 0. The normalized spacial score (nSPS) is 9.75. The Balaban J connectivity index is 1.81. The molecule has 0 aliphatic rings. The summed E-state index contributed by atoms with van der Waals surface area (Å²) in [5.74, 6) is 0. The van der Waals surface area contributed by atoms with Crippen LogP contribution in [0.15, 0.2) is 47.8 Å². The van der Waals surface area contributed by atoms with Gasteiger partial charge in [-0.25, -0.2) is 4.79 Å². The molecule has 16 heavy (non-hydrogen) atoms. The lowest BCUT2D eigenvalue weighted by atomic mass is 10.3. The number of hydrogen-bond donors (Lipinski definition) is 2. The molecule has 0 atom stereocenters. The molecule has 0 saturated carbocycles. The zero-order valence-electron chi connectivity index (χ0n) is 8.64. The SMILES string of the molecule is O=C(NCc1cccs1)Nc1ccccc1. The lowest BCUT2D eigenvalue weighted by Crippen LogP contribution is -2.27. The molecule has 82 valence electrons. The van der Waals surface area contributed by atoms with Crippen LogP contribution in [0.2, 0.25) is 0 Å². The average Bonchev–Trinajstić information content (AvgIpc) is 2.81. The minimum Gasteiger partial charge on any atom is -0.333 e. The van der Waals surface area contributed by atoms with Gasteiger partial charge in [0.05, 0.1) is 6.54 Å². The molecule has 0 saturated heterocycles. The van der Waals surface area contributed by atoms with E-state index >= 15 is 0 Å². The first-order valence-electron chi connectivity index (χ1n) is 4.97. The molecule has 1 aromatic carbocycles. The number of thiophene rings is 1. The number of carbonyl (C=O) groups is 1. The monoisotopic (exact) mass is 232 g/mol. The Morgan fingerprint density at radius 3 is 2.62 bits per heavy atom. The Morgan fingerprint density at radius 1 is 1.12 bits per heavy atom. The third-order valence-corrected chi connectivity index (χ3v) is 2.91. The Labute approximate surface area is 98.1 Å². The number of amides is 2. The first kappa shape index (κ1) is 10.7. The molecule has 4 heteroatoms. The van der Waals surface area contributed by atoms with Gasteiger partial charge in [-0.1, -0.05) is 24.3 Å². The van der Waals surface area contributed by atoms with Gasteiger partial charge in [0.2, 0.25) is 0 Å². The maximum atomic E-state index is 11.5. The van der Waals surface area contributed by atoms with Crippen molar-refractivity contribution in [3.63, 3.8) is 0 Å². The molecule has 0 unspecified atom stereocenters. The fraction of sp³-hybridized carbons (Fsp3) is 0.0833. The molecule has 0 aliphatic carbocycles. The summed E-state index contributed by atoms with van der Waals surface area (Å²) in [6.45, 7) is 0.566. The van der Waals surface area contributed by atoms with Crippen LogP contribution in [0.3, 0.4) is 0 Å². The largest absolute Gasteiger partial charge is 0.333 e. The van der Waals surface area contributed by atoms with Crippen molar-refractivity contribution in [3.8, 4) is 0 Å². The summed E-state index contributed by atoms with van der Waals surface area (Å²) in [4.78, 5) is 12.6. The van der Waals surface area contributed by atoms with E-state index in [9.17, 15) is 4.79 Å². The number of benzene rings is 1. The second kappa shape index (κ2) is 5.32. The van der Waals surface area contributed by atoms with Crippen molar-refractivity contribution < 1.29 is 4.79 Å². The lowest BCUT2D eigenvalue weighted by molar-refractivity contribution is 0.252. The van der Waals surface area contributed by atoms with E-state index in [0.717, 1.165) is 10.6 Å². The standard InChI is InChI=1S/C12H12N2OS/c15-12(13-9-11-7-4-8-16-11)14-10-5-2-1-3-6-10/h1-8H,9H2,(H2,13,14,15). The van der Waals surface area contributed by atoms with Crippen molar-refractivity contribution in [1.29, 1.82) is 0 Å². The summed E-state index contributed by atoms with van der Waals surface area (Å²) in [6, 6.07) is 13.2. The van der Waals surface area contributed by atoms with E-state index in [2.05, 4.69) is 10.6 Å². The molecule has 1 aromatic heterocycles. The number of hydrogen-bond acceptors (Lipinski definition) is 2. The highest BCUT2D eigenvalue weighted by Gasteiger charge is 2.00. The topological polar surface area (TPSA) is 41.1 Å². The smallest absolute Gasteiger partial charge is 0.319 e. The van der Waals surface area contributed by atoms with Gasteiger partial charge >= 0.3 is 6.03 Å². The zero-order valence-corrected chi connectivity index (χ0v) is 9.46. The second-order valence-corrected chi connectivity index (χ2v) is 4.29. The first-order chi connectivity index (χ1) is 7.84. The number of urea groups is 1. The van der Waals surface area contributed by atoms with Crippen LogP contribution in [0.25, 0.3) is 0 Å². The van der Waals surface area contributed by atoms with Crippen LogP contribution in [0, 0.1) is 0 Å². The van der Waals surface area contributed by atoms with E-state index in [1.54, 1.807) is 11.3 Å². The molecular weight excluding hydrogens is 220 g/mol. The number of rotatable bonds is 3. The van der Waals surface area contributed by atoms with Gasteiger partial charge < -0.3 is 10.6 Å². The van der Waals surface area contributed by atoms with Crippen LogP contribution < -0.4 is 10.6 Å². The molecule has 2 amide bonds. The third kappa shape index (κ3) is 3.10. The molecule has 0 spiro atoms. The maximum Gasteiger partial charge on any atom is 0.319 e. The summed E-state index contributed by atoms with van der Waals surface area (Å²) in [6.07, 6.45) is 0. The van der Waals surface area contributed by atoms with Crippen LogP contribution in [0.4, 0.5) is 10.5 Å². The average molecular weight is 232 g/mol. The number of nitrogens with one attached hydrogen (secondary N) is 2. The number of anilines is 1. The zero-order chi connectivity index (χ0) is 11.2. The molecule has 0 bridgehead atoms. The van der Waals surface area contributed by atoms with Gasteiger partial charge in [0.1, 0.15) is 0 Å². The highest BCUT2D eigenvalue weighted by atomic mass is 32.1. The van der Waals surface area contributed by atoms with Crippen molar-refractivity contribution in [2.24, 2.45) is 0 Å². The van der Waals surface area contributed by atoms with Crippen molar-refractivity contribution >= 4 is 23.1 Å². The highest BCUT2D eigenvalue weighted by molar-refractivity contribution is 7.09. The van der Waals surface area contributed by atoms with Crippen LogP contribution in [0.5, 0.6) is 0 Å². The van der Waals surface area contributed by atoms with Gasteiger partial charge in [0, 0.05) is 10.6 Å². The number of para-hydroxylation sites is 1. The van der Waals surface area contributed by atoms with Crippen LogP contribution in [-0.2, 0) is 6.54 Å². The van der Waals surface area contributed by atoms with Crippen LogP contribution in [0.1, 0.15) is 4.88 Å². The van der Waals surface area contributed by atoms with E-state index in [-0.39, 0.29) is 6.03 Å². The fourth-order valence-electron chi connectivity index (χ4n) is 1.28. The van der Waals surface area contributed by atoms with E-state index < -0.39 is 0 Å². The first-order valence-corrected chi connectivity index (χ1v) is 5.85. The Hall–Kier alpha value is -1.81. The van der Waals surface area contributed by atoms with Gasteiger partial charge in [-0.3, -0.25) is 0 Å². The summed E-state index contributed by atoms with van der Waals surface area (Å²) in [5.41, 5.74) is 0.797. The molecule has 0 aliphatic heterocycles. The summed E-state index contributed by atoms with van der Waals surface area (Å²) >= 11 is 1.63. The summed E-state index contributed by atoms with van der Waals surface area (Å²) in [5, 5.41) is 7.55. The van der Waals surface area contributed by atoms with Crippen LogP contribution in [-0.4, -0.2) is 6.03 Å². The van der Waals surface area contributed by atoms with E-state index in [1.807, 2.05) is 47.8 Å². The third-order valence-electron chi connectivity index (χ3n) is 2.03. The molecule has 1 heterocycles. The molecule has 2 rings (SSSR count). The minimum atomic E-state index is -0.181. The molecule has 2 aromatic rings. The van der Waals surface area contributed by atoms with Crippen molar-refractivity contribution in [2.75, 3.05) is 5.32 Å². The Morgan fingerprint density at radius 2 is 1.94 bits per heavy atom. The number of carbonyl (C=O) groups excluding carboxylic acids is 1. The Kier molecular flexibility index (Phi) is 3.56. The van der Waals surface area contributed by atoms with Crippen molar-refractivity contribution in [2.45, 2.75) is 6.54 Å². The van der Waals surface area contributed by atoms with E-state index in [4.69, 9.17) is 0 Å².